The predicted molar refractivity (Wildman–Crippen MR) is 89.4 cm³/mol. The molecule has 0 spiro atoms. The average molecular weight is 307 g/mol. The van der Waals surface area contributed by atoms with Crippen molar-refractivity contribution in [3.05, 3.63) is 77.9 Å². The molecule has 0 unspecified atom stereocenters. The van der Waals surface area contributed by atoms with Crippen molar-refractivity contribution in [1.82, 2.24) is 4.98 Å². The lowest BCUT2D eigenvalue weighted by Gasteiger charge is -2.08. The average Bonchev–Trinajstić information content (AvgIpc) is 3.10. The number of anilines is 2. The van der Waals surface area contributed by atoms with Crippen LogP contribution < -0.4 is 10.6 Å². The standard InChI is InChI=1S/C18H17N3O2/c1-13-4-6-14(7-5-13)11-19-15-8-9-17(20-12-15)21-18(22)16-3-2-10-23-16/h2-10,12,19H,11H2,1H3,(H,20,21,22). The molecule has 0 aliphatic heterocycles. The summed E-state index contributed by atoms with van der Waals surface area (Å²) in [6, 6.07) is 15.2. The highest BCUT2D eigenvalue weighted by Crippen LogP contribution is 2.13. The minimum atomic E-state index is -0.317. The van der Waals surface area contributed by atoms with Gasteiger partial charge in [0.15, 0.2) is 5.76 Å². The van der Waals surface area contributed by atoms with Crippen molar-refractivity contribution in [3.63, 3.8) is 0 Å². The Balaban J connectivity index is 1.56. The fraction of sp³-hybridized carbons (Fsp3) is 0.111. The largest absolute Gasteiger partial charge is 0.459 e. The van der Waals surface area contributed by atoms with Crippen LogP contribution in [-0.4, -0.2) is 10.9 Å². The number of nitrogens with zero attached hydrogens (tertiary/aromatic N) is 1. The molecule has 0 aliphatic rings. The van der Waals surface area contributed by atoms with Gasteiger partial charge in [-0.2, -0.15) is 0 Å². The smallest absolute Gasteiger partial charge is 0.292 e. The summed E-state index contributed by atoms with van der Waals surface area (Å²) < 4.78 is 5.03. The van der Waals surface area contributed by atoms with Crippen molar-refractivity contribution in [1.29, 1.82) is 0 Å². The fourth-order valence-corrected chi connectivity index (χ4v) is 2.07. The highest BCUT2D eigenvalue weighted by Gasteiger charge is 2.09. The second-order valence-electron chi connectivity index (χ2n) is 5.20. The molecular formula is C18H17N3O2. The van der Waals surface area contributed by atoms with Crippen LogP contribution in [0.5, 0.6) is 0 Å². The number of rotatable bonds is 5. The first-order chi connectivity index (χ1) is 11.2. The summed E-state index contributed by atoms with van der Waals surface area (Å²) in [5, 5.41) is 5.97. The number of amides is 1. The van der Waals surface area contributed by atoms with E-state index in [9.17, 15) is 4.79 Å². The Morgan fingerprint density at radius 1 is 1.13 bits per heavy atom. The van der Waals surface area contributed by atoms with Gasteiger partial charge in [-0.25, -0.2) is 4.98 Å². The Hall–Kier alpha value is -3.08. The fourth-order valence-electron chi connectivity index (χ4n) is 2.07. The first-order valence-corrected chi connectivity index (χ1v) is 7.31. The molecule has 0 bridgehead atoms. The van der Waals surface area contributed by atoms with E-state index in [4.69, 9.17) is 4.42 Å². The first-order valence-electron chi connectivity index (χ1n) is 7.31. The number of hydrogen-bond donors (Lipinski definition) is 2. The number of nitrogens with one attached hydrogen (secondary N) is 2. The Morgan fingerprint density at radius 3 is 2.61 bits per heavy atom. The van der Waals surface area contributed by atoms with Gasteiger partial charge in [0.2, 0.25) is 0 Å². The van der Waals surface area contributed by atoms with Crippen LogP contribution in [-0.2, 0) is 6.54 Å². The molecule has 0 fully saturated rings. The van der Waals surface area contributed by atoms with E-state index in [1.165, 1.54) is 17.4 Å². The van der Waals surface area contributed by atoms with Gasteiger partial charge in [-0.05, 0) is 36.8 Å². The van der Waals surface area contributed by atoms with Crippen LogP contribution in [0.3, 0.4) is 0 Å². The Labute approximate surface area is 134 Å². The van der Waals surface area contributed by atoms with Crippen LogP contribution >= 0.6 is 0 Å². The Bertz CT molecular complexity index is 763. The van der Waals surface area contributed by atoms with Gasteiger partial charge in [0.05, 0.1) is 18.1 Å². The number of furan rings is 1. The Morgan fingerprint density at radius 2 is 1.96 bits per heavy atom. The van der Waals surface area contributed by atoms with Gasteiger partial charge < -0.3 is 15.1 Å². The van der Waals surface area contributed by atoms with Crippen LogP contribution in [0.4, 0.5) is 11.5 Å². The molecule has 5 nitrogen and oxygen atoms in total. The molecule has 0 atom stereocenters. The summed E-state index contributed by atoms with van der Waals surface area (Å²) in [6.07, 6.45) is 3.15. The SMILES string of the molecule is Cc1ccc(CNc2ccc(NC(=O)c3ccco3)nc2)cc1. The van der Waals surface area contributed by atoms with E-state index in [1.807, 2.05) is 6.07 Å². The molecule has 1 amide bonds. The van der Waals surface area contributed by atoms with E-state index in [1.54, 1.807) is 24.4 Å². The molecule has 2 heterocycles. The topological polar surface area (TPSA) is 67.2 Å². The third-order valence-electron chi connectivity index (χ3n) is 3.37. The van der Waals surface area contributed by atoms with Crippen LogP contribution in [0.2, 0.25) is 0 Å². The maximum Gasteiger partial charge on any atom is 0.292 e. The zero-order chi connectivity index (χ0) is 16.1. The van der Waals surface area contributed by atoms with Crippen molar-refractivity contribution in [2.45, 2.75) is 13.5 Å². The summed E-state index contributed by atoms with van der Waals surface area (Å²) in [4.78, 5) is 16.1. The number of benzene rings is 1. The molecule has 2 N–H and O–H groups in total. The quantitative estimate of drug-likeness (QED) is 0.751. The summed E-state index contributed by atoms with van der Waals surface area (Å²) in [6.45, 7) is 2.79. The lowest BCUT2D eigenvalue weighted by atomic mass is 10.1. The Kier molecular flexibility index (Phi) is 4.38. The van der Waals surface area contributed by atoms with E-state index >= 15 is 0 Å². The minimum absolute atomic E-state index is 0.258. The van der Waals surface area contributed by atoms with E-state index in [0.29, 0.717) is 5.82 Å². The van der Waals surface area contributed by atoms with Crippen molar-refractivity contribution in [3.8, 4) is 0 Å². The number of pyridine rings is 1. The number of aryl methyl sites for hydroxylation is 1. The maximum atomic E-state index is 11.8. The lowest BCUT2D eigenvalue weighted by molar-refractivity contribution is 0.0996. The highest BCUT2D eigenvalue weighted by atomic mass is 16.3. The van der Waals surface area contributed by atoms with Gasteiger partial charge >= 0.3 is 0 Å². The molecule has 3 rings (SSSR count). The molecule has 3 aromatic rings. The molecule has 23 heavy (non-hydrogen) atoms. The van der Waals surface area contributed by atoms with Crippen LogP contribution in [0.1, 0.15) is 21.7 Å². The molecule has 5 heteroatoms. The normalized spacial score (nSPS) is 10.3. The zero-order valence-electron chi connectivity index (χ0n) is 12.7. The van der Waals surface area contributed by atoms with Gasteiger partial charge in [-0.1, -0.05) is 29.8 Å². The van der Waals surface area contributed by atoms with Gasteiger partial charge in [0, 0.05) is 6.54 Å². The number of carbonyl (C=O) groups excluding carboxylic acids is 1. The number of hydrogen-bond acceptors (Lipinski definition) is 4. The van der Waals surface area contributed by atoms with E-state index < -0.39 is 0 Å². The van der Waals surface area contributed by atoms with Crippen LogP contribution in [0.25, 0.3) is 0 Å². The zero-order valence-corrected chi connectivity index (χ0v) is 12.7. The van der Waals surface area contributed by atoms with Crippen molar-refractivity contribution < 1.29 is 9.21 Å². The molecule has 2 aromatic heterocycles. The number of aromatic nitrogens is 1. The summed E-state index contributed by atoms with van der Waals surface area (Å²) in [7, 11) is 0. The van der Waals surface area contributed by atoms with E-state index in [2.05, 4.69) is 46.8 Å². The first kappa shape index (κ1) is 14.8. The number of carbonyl (C=O) groups is 1. The van der Waals surface area contributed by atoms with E-state index in [0.717, 1.165) is 12.2 Å². The molecular weight excluding hydrogens is 290 g/mol. The third-order valence-corrected chi connectivity index (χ3v) is 3.37. The summed E-state index contributed by atoms with van der Waals surface area (Å²) in [5.74, 6) is 0.420. The van der Waals surface area contributed by atoms with Crippen molar-refractivity contribution in [2.75, 3.05) is 10.6 Å². The summed E-state index contributed by atoms with van der Waals surface area (Å²) in [5.41, 5.74) is 3.33. The second-order valence-corrected chi connectivity index (χ2v) is 5.20. The van der Waals surface area contributed by atoms with Gasteiger partial charge in [0.1, 0.15) is 5.82 Å². The molecule has 0 aliphatic carbocycles. The lowest BCUT2D eigenvalue weighted by Crippen LogP contribution is -2.12. The van der Waals surface area contributed by atoms with Gasteiger partial charge in [-0.15, -0.1) is 0 Å². The molecule has 0 saturated carbocycles. The minimum Gasteiger partial charge on any atom is -0.459 e. The van der Waals surface area contributed by atoms with Crippen molar-refractivity contribution >= 4 is 17.4 Å². The predicted octanol–water partition coefficient (Wildman–Crippen LogP) is 3.85. The third kappa shape index (κ3) is 3.97. The second kappa shape index (κ2) is 6.79. The molecule has 0 saturated heterocycles. The molecule has 116 valence electrons. The van der Waals surface area contributed by atoms with Gasteiger partial charge in [-0.3, -0.25) is 4.79 Å². The van der Waals surface area contributed by atoms with Crippen molar-refractivity contribution in [2.24, 2.45) is 0 Å². The highest BCUT2D eigenvalue weighted by molar-refractivity contribution is 6.01. The van der Waals surface area contributed by atoms with E-state index in [-0.39, 0.29) is 11.7 Å². The monoisotopic (exact) mass is 307 g/mol. The molecule has 0 radical (unpaired) electrons. The van der Waals surface area contributed by atoms with Crippen LogP contribution in [0.15, 0.2) is 65.4 Å². The van der Waals surface area contributed by atoms with Crippen LogP contribution in [0, 0.1) is 6.92 Å². The molecule has 1 aromatic carbocycles. The maximum absolute atomic E-state index is 11.8. The summed E-state index contributed by atoms with van der Waals surface area (Å²) >= 11 is 0. The van der Waals surface area contributed by atoms with Gasteiger partial charge in [0.25, 0.3) is 5.91 Å².